The van der Waals surface area contributed by atoms with Gasteiger partial charge in [0.05, 0.1) is 6.61 Å². The van der Waals surface area contributed by atoms with Gasteiger partial charge in [-0.25, -0.2) is 0 Å². The Morgan fingerprint density at radius 1 is 1.60 bits per heavy atom. The molecule has 0 bridgehead atoms. The summed E-state index contributed by atoms with van der Waals surface area (Å²) in [4.78, 5) is 0. The summed E-state index contributed by atoms with van der Waals surface area (Å²) in [7, 11) is 0.438. The van der Waals surface area contributed by atoms with Gasteiger partial charge in [0.15, 0.2) is 0 Å². The van der Waals surface area contributed by atoms with Crippen molar-refractivity contribution in [2.45, 2.75) is 26.2 Å². The molecule has 1 aromatic heterocycles. The molecule has 3 nitrogen and oxygen atoms in total. The van der Waals surface area contributed by atoms with Gasteiger partial charge in [-0.05, 0) is 6.42 Å². The monoisotopic (exact) mass is 178 g/mol. The molecule has 1 aromatic rings. The minimum absolute atomic E-state index is 0.552. The van der Waals surface area contributed by atoms with Gasteiger partial charge in [0.1, 0.15) is 8.51 Å². The Kier molecular flexibility index (Phi) is 4.04. The van der Waals surface area contributed by atoms with Crippen LogP contribution >= 0.6 is 16.6 Å². The Bertz CT molecular complexity index is 154. The first kappa shape index (κ1) is 8.26. The van der Waals surface area contributed by atoms with E-state index in [4.69, 9.17) is 4.52 Å². The largest absolute Gasteiger partial charge is 0.303 e. The molecule has 0 amide bonds. The van der Waals surface area contributed by atoms with Crippen molar-refractivity contribution in [3.63, 3.8) is 0 Å². The van der Waals surface area contributed by atoms with E-state index in [9.17, 15) is 0 Å². The van der Waals surface area contributed by atoms with Crippen LogP contribution in [0.5, 0.6) is 0 Å². The van der Waals surface area contributed by atoms with Gasteiger partial charge in [-0.15, -0.1) is 0 Å². The van der Waals surface area contributed by atoms with Crippen molar-refractivity contribution >= 4 is 16.6 Å². The molecule has 0 aliphatic heterocycles. The van der Waals surface area contributed by atoms with E-state index in [0.717, 1.165) is 15.1 Å². The van der Waals surface area contributed by atoms with Crippen LogP contribution in [-0.4, -0.2) is 15.6 Å². The lowest BCUT2D eigenvalue weighted by molar-refractivity contribution is 0.402. The van der Waals surface area contributed by atoms with Gasteiger partial charge in [-0.3, -0.25) is 4.51 Å². The van der Waals surface area contributed by atoms with Gasteiger partial charge in [0.2, 0.25) is 8.08 Å². The molecule has 1 atom stereocenters. The van der Waals surface area contributed by atoms with E-state index in [1.54, 1.807) is 0 Å². The van der Waals surface area contributed by atoms with E-state index >= 15 is 0 Å². The van der Waals surface area contributed by atoms with E-state index in [-0.39, 0.29) is 0 Å². The maximum absolute atomic E-state index is 5.36. The lowest BCUT2D eigenvalue weighted by atomic mass is 10.3. The van der Waals surface area contributed by atoms with E-state index < -0.39 is 8.08 Å². The topological polar surface area (TPSA) is 37.9 Å². The van der Waals surface area contributed by atoms with Gasteiger partial charge >= 0.3 is 0 Å². The predicted octanol–water partition coefficient (Wildman–Crippen LogP) is 2.60. The molecule has 1 N–H and O–H groups in total. The first-order valence-corrected chi connectivity index (χ1v) is 5.59. The summed E-state index contributed by atoms with van der Waals surface area (Å²) < 4.78 is 12.5. The number of aromatic amines is 1. The van der Waals surface area contributed by atoms with E-state index in [2.05, 4.69) is 15.9 Å². The van der Waals surface area contributed by atoms with Crippen LogP contribution in [0.1, 0.15) is 26.2 Å². The van der Waals surface area contributed by atoms with E-state index in [0.29, 0.717) is 0 Å². The van der Waals surface area contributed by atoms with Crippen molar-refractivity contribution in [3.8, 4) is 0 Å². The van der Waals surface area contributed by atoms with Crippen molar-refractivity contribution in [1.82, 2.24) is 9.02 Å². The molecule has 0 aliphatic rings. The Morgan fingerprint density at radius 3 is 2.90 bits per heavy atom. The molecule has 0 spiro atoms. The summed E-state index contributed by atoms with van der Waals surface area (Å²) in [6, 6.07) is 0. The molecule has 1 heterocycles. The SMILES string of the molecule is CCCCCOp1np[nH]1. The molecule has 0 saturated carbocycles. The summed E-state index contributed by atoms with van der Waals surface area (Å²) >= 11 is 0. The van der Waals surface area contributed by atoms with Gasteiger partial charge in [-0.1, -0.05) is 19.8 Å². The second-order valence-corrected chi connectivity index (χ2v) is 4.62. The number of hydrogen-bond acceptors (Lipinski definition) is 2. The average molecular weight is 178 g/mol. The summed E-state index contributed by atoms with van der Waals surface area (Å²) in [5, 5.41) is 0. The number of H-pyrrole nitrogens is 1. The van der Waals surface area contributed by atoms with Crippen LogP contribution in [0.25, 0.3) is 0 Å². The first-order valence-electron chi connectivity index (χ1n) is 3.53. The molecule has 1 rings (SSSR count). The first-order chi connectivity index (χ1) is 4.93. The highest BCUT2D eigenvalue weighted by Crippen LogP contribution is 2.22. The minimum atomic E-state index is -0.552. The number of nitrogens with one attached hydrogen (secondary N) is 1. The third kappa shape index (κ3) is 2.83. The van der Waals surface area contributed by atoms with Crippen molar-refractivity contribution < 1.29 is 4.52 Å². The molecular weight excluding hydrogens is 166 g/mol. The van der Waals surface area contributed by atoms with Crippen molar-refractivity contribution in [1.29, 1.82) is 0 Å². The molecule has 0 aromatic carbocycles. The summed E-state index contributed by atoms with van der Waals surface area (Å²) in [6.45, 7) is 3.06. The van der Waals surface area contributed by atoms with Crippen LogP contribution in [0.15, 0.2) is 0 Å². The highest BCUT2D eigenvalue weighted by molar-refractivity contribution is 7.52. The zero-order chi connectivity index (χ0) is 7.23. The Hall–Kier alpha value is 0.160. The molecule has 0 fully saturated rings. The third-order valence-corrected chi connectivity index (χ3v) is 3.69. The molecule has 10 heavy (non-hydrogen) atoms. The molecule has 1 unspecified atom stereocenters. The average Bonchev–Trinajstić information content (AvgIpc) is 1.84. The zero-order valence-corrected chi connectivity index (χ0v) is 7.87. The Balaban J connectivity index is 1.89. The van der Waals surface area contributed by atoms with Crippen LogP contribution < -0.4 is 4.52 Å². The fraction of sp³-hybridized carbons (Fsp3) is 1.00. The minimum Gasteiger partial charge on any atom is -0.303 e. The van der Waals surface area contributed by atoms with Gasteiger partial charge < -0.3 is 4.52 Å². The second kappa shape index (κ2) is 4.90. The number of aromatic nitrogens is 2. The molecule has 5 heteroatoms. The lowest BCUT2D eigenvalue weighted by Gasteiger charge is -2.02. The van der Waals surface area contributed by atoms with Crippen LogP contribution in [0, 0.1) is 0 Å². The smallest absolute Gasteiger partial charge is 0.203 e. The third-order valence-electron chi connectivity index (χ3n) is 1.22. The number of rotatable bonds is 5. The zero-order valence-electron chi connectivity index (χ0n) is 6.08. The number of hydrogen-bond donors (Lipinski definition) is 1. The Labute approximate surface area is 63.7 Å². The van der Waals surface area contributed by atoms with Crippen LogP contribution in [-0.2, 0) is 0 Å². The quantitative estimate of drug-likeness (QED) is 0.703. The van der Waals surface area contributed by atoms with E-state index in [1.165, 1.54) is 19.3 Å². The molecule has 58 valence electrons. The lowest BCUT2D eigenvalue weighted by Crippen LogP contribution is -1.96. The fourth-order valence-electron chi connectivity index (χ4n) is 0.639. The number of nitrogens with zero attached hydrogens (tertiary/aromatic N) is 1. The van der Waals surface area contributed by atoms with Crippen molar-refractivity contribution in [2.24, 2.45) is 0 Å². The molecular formula is C5H12N2OP2. The predicted molar refractivity (Wildman–Crippen MR) is 44.8 cm³/mol. The van der Waals surface area contributed by atoms with Gasteiger partial charge in [-0.2, -0.15) is 4.51 Å². The van der Waals surface area contributed by atoms with Gasteiger partial charge in [0, 0.05) is 0 Å². The Morgan fingerprint density at radius 2 is 2.40 bits per heavy atom. The number of unbranched alkanes of at least 4 members (excludes halogenated alkanes) is 2. The van der Waals surface area contributed by atoms with Gasteiger partial charge in [0.25, 0.3) is 0 Å². The van der Waals surface area contributed by atoms with Crippen LogP contribution in [0.4, 0.5) is 0 Å². The fourth-order valence-corrected chi connectivity index (χ4v) is 2.03. The summed E-state index contributed by atoms with van der Waals surface area (Å²) in [5.41, 5.74) is 0. The molecule has 0 saturated heterocycles. The normalized spacial score (nSPS) is 13.1. The maximum atomic E-state index is 5.36. The second-order valence-electron chi connectivity index (χ2n) is 2.10. The maximum Gasteiger partial charge on any atom is 0.203 e. The summed E-state index contributed by atoms with van der Waals surface area (Å²) in [6.07, 6.45) is 3.69. The van der Waals surface area contributed by atoms with E-state index in [1.807, 2.05) is 0 Å². The molecule has 0 radical (unpaired) electrons. The van der Waals surface area contributed by atoms with Crippen molar-refractivity contribution in [2.75, 3.05) is 6.61 Å². The van der Waals surface area contributed by atoms with Crippen molar-refractivity contribution in [3.05, 3.63) is 0 Å². The van der Waals surface area contributed by atoms with Crippen LogP contribution in [0.2, 0.25) is 0 Å². The highest BCUT2D eigenvalue weighted by Gasteiger charge is 1.94. The van der Waals surface area contributed by atoms with Crippen LogP contribution in [0.3, 0.4) is 0 Å². The standard InChI is InChI=1S/C5H12N2OP2/c1-2-3-4-5-8-10-6-9-7-10/h2-5H2,1H3,(H,6,7). The molecule has 0 aliphatic carbocycles. The summed E-state index contributed by atoms with van der Waals surface area (Å²) in [5.74, 6) is 0. The highest BCUT2D eigenvalue weighted by atomic mass is 31.2.